The zero-order valence-corrected chi connectivity index (χ0v) is 12.6. The van der Waals surface area contributed by atoms with Gasteiger partial charge in [-0.15, -0.1) is 0 Å². The molecule has 0 aromatic heterocycles. The average Bonchev–Trinajstić information content (AvgIpc) is 2.25. The van der Waals surface area contributed by atoms with E-state index in [1.807, 2.05) is 0 Å². The van der Waals surface area contributed by atoms with Gasteiger partial charge in [0.05, 0.1) is 7.11 Å². The minimum absolute atomic E-state index is 0.0493. The minimum Gasteiger partial charge on any atom is -0.495 e. The number of para-hydroxylation sites is 1. The third-order valence-corrected chi connectivity index (χ3v) is 3.09. The van der Waals surface area contributed by atoms with E-state index in [0.29, 0.717) is 0 Å². The second-order valence-electron chi connectivity index (χ2n) is 5.01. The van der Waals surface area contributed by atoms with Gasteiger partial charge in [0.25, 0.3) is 0 Å². The van der Waals surface area contributed by atoms with Crippen LogP contribution in [0.2, 0.25) is 0 Å². The fourth-order valence-corrected chi connectivity index (χ4v) is 2.15. The quantitative estimate of drug-likeness (QED) is 0.883. The summed E-state index contributed by atoms with van der Waals surface area (Å²) in [5, 5.41) is 7.46. The second-order valence-corrected chi connectivity index (χ2v) is 6.54. The van der Waals surface area contributed by atoms with Crippen molar-refractivity contribution in [2.45, 2.75) is 31.3 Å². The van der Waals surface area contributed by atoms with Gasteiger partial charge in [0, 0.05) is 0 Å². The van der Waals surface area contributed by atoms with Crippen LogP contribution in [0.3, 0.4) is 0 Å². The first-order chi connectivity index (χ1) is 9.04. The van der Waals surface area contributed by atoms with Crippen LogP contribution in [0.5, 0.6) is 5.75 Å². The van der Waals surface area contributed by atoms with Crippen LogP contribution < -0.4 is 15.2 Å². The van der Waals surface area contributed by atoms with Crippen LogP contribution in [-0.2, 0) is 14.8 Å². The Morgan fingerprint density at radius 2 is 1.90 bits per heavy atom. The van der Waals surface area contributed by atoms with Crippen molar-refractivity contribution in [3.8, 4) is 5.75 Å². The highest BCUT2D eigenvalue weighted by Gasteiger charge is 2.22. The predicted octanol–water partition coefficient (Wildman–Crippen LogP) is 1.69. The predicted molar refractivity (Wildman–Crippen MR) is 74.2 cm³/mol. The molecular weight excluding hydrogens is 284 g/mol. The number of rotatable bonds is 3. The standard InChI is InChI=1S/C12H18N2O5S/c1-12(2,3)19-11(15)14-10-8(18-4)6-5-7-9(10)20(13,16)17/h5-7H,1-4H3,(H,14,15)(H2,13,16,17). The van der Waals surface area contributed by atoms with Crippen molar-refractivity contribution in [3.05, 3.63) is 18.2 Å². The maximum Gasteiger partial charge on any atom is 0.412 e. The molecule has 1 amide bonds. The van der Waals surface area contributed by atoms with Gasteiger partial charge < -0.3 is 9.47 Å². The summed E-state index contributed by atoms with van der Waals surface area (Å²) >= 11 is 0. The van der Waals surface area contributed by atoms with E-state index >= 15 is 0 Å². The molecular formula is C12H18N2O5S. The van der Waals surface area contributed by atoms with E-state index < -0.39 is 21.7 Å². The second kappa shape index (κ2) is 5.68. The first kappa shape index (κ1) is 16.3. The van der Waals surface area contributed by atoms with Crippen LogP contribution in [0.1, 0.15) is 20.8 Å². The summed E-state index contributed by atoms with van der Waals surface area (Å²) in [7, 11) is -2.66. The summed E-state index contributed by atoms with van der Waals surface area (Å²) in [4.78, 5) is 11.5. The van der Waals surface area contributed by atoms with Crippen LogP contribution in [0, 0.1) is 0 Å². The number of hydrogen-bond donors (Lipinski definition) is 2. The van der Waals surface area contributed by atoms with Gasteiger partial charge in [0.1, 0.15) is 21.9 Å². The molecule has 0 saturated carbocycles. The summed E-state index contributed by atoms with van der Waals surface area (Å²) in [6.45, 7) is 5.07. The third kappa shape index (κ3) is 4.39. The van der Waals surface area contributed by atoms with Gasteiger partial charge in [0.2, 0.25) is 10.0 Å². The van der Waals surface area contributed by atoms with Gasteiger partial charge in [-0.25, -0.2) is 18.4 Å². The normalized spacial score (nSPS) is 11.8. The van der Waals surface area contributed by atoms with Crippen molar-refractivity contribution in [1.82, 2.24) is 0 Å². The molecule has 0 bridgehead atoms. The summed E-state index contributed by atoms with van der Waals surface area (Å²) in [6.07, 6.45) is -0.799. The Morgan fingerprint density at radius 3 is 2.35 bits per heavy atom. The number of carbonyl (C=O) groups is 1. The molecule has 0 saturated heterocycles. The highest BCUT2D eigenvalue weighted by atomic mass is 32.2. The Kier molecular flexibility index (Phi) is 4.61. The fraction of sp³-hybridized carbons (Fsp3) is 0.417. The third-order valence-electron chi connectivity index (χ3n) is 2.14. The lowest BCUT2D eigenvalue weighted by Gasteiger charge is -2.21. The van der Waals surface area contributed by atoms with E-state index in [4.69, 9.17) is 14.6 Å². The highest BCUT2D eigenvalue weighted by Crippen LogP contribution is 2.31. The number of amides is 1. The van der Waals surface area contributed by atoms with Crippen molar-refractivity contribution >= 4 is 21.8 Å². The molecule has 0 aliphatic carbocycles. The van der Waals surface area contributed by atoms with Crippen LogP contribution in [0.15, 0.2) is 23.1 Å². The van der Waals surface area contributed by atoms with Crippen LogP contribution in [0.25, 0.3) is 0 Å². The first-order valence-corrected chi connectivity index (χ1v) is 7.29. The number of anilines is 1. The maximum atomic E-state index is 11.8. The fourth-order valence-electron chi connectivity index (χ4n) is 1.45. The van der Waals surface area contributed by atoms with Gasteiger partial charge in [0.15, 0.2) is 0 Å². The lowest BCUT2D eigenvalue weighted by molar-refractivity contribution is 0.0635. The Balaban J connectivity index is 3.19. The van der Waals surface area contributed by atoms with E-state index in [2.05, 4.69) is 5.32 Å². The topological polar surface area (TPSA) is 108 Å². The van der Waals surface area contributed by atoms with Gasteiger partial charge in [-0.3, -0.25) is 5.32 Å². The van der Waals surface area contributed by atoms with E-state index in [9.17, 15) is 13.2 Å². The molecule has 8 heteroatoms. The molecule has 1 aromatic carbocycles. The largest absolute Gasteiger partial charge is 0.495 e. The van der Waals surface area contributed by atoms with Crippen molar-refractivity contribution in [2.24, 2.45) is 5.14 Å². The minimum atomic E-state index is -4.01. The SMILES string of the molecule is COc1cccc(S(N)(=O)=O)c1NC(=O)OC(C)(C)C. The lowest BCUT2D eigenvalue weighted by atomic mass is 10.2. The number of primary sulfonamides is 1. The summed E-state index contributed by atoms with van der Waals surface area (Å²) < 4.78 is 33.1. The first-order valence-electron chi connectivity index (χ1n) is 5.74. The van der Waals surface area contributed by atoms with Crippen LogP contribution in [0.4, 0.5) is 10.5 Å². The number of hydrogen-bond acceptors (Lipinski definition) is 5. The van der Waals surface area contributed by atoms with Gasteiger partial charge in [-0.05, 0) is 32.9 Å². The monoisotopic (exact) mass is 302 g/mol. The lowest BCUT2D eigenvalue weighted by Crippen LogP contribution is -2.28. The number of methoxy groups -OCH3 is 1. The molecule has 0 aliphatic rings. The molecule has 20 heavy (non-hydrogen) atoms. The molecule has 0 radical (unpaired) electrons. The number of carbonyl (C=O) groups excluding carboxylic acids is 1. The summed E-state index contributed by atoms with van der Waals surface area (Å²) in [5.41, 5.74) is -0.764. The molecule has 1 aromatic rings. The Bertz CT molecular complexity index is 605. The van der Waals surface area contributed by atoms with Crippen molar-refractivity contribution in [1.29, 1.82) is 0 Å². The zero-order chi connectivity index (χ0) is 15.6. The average molecular weight is 302 g/mol. The number of benzene rings is 1. The number of ether oxygens (including phenoxy) is 2. The Labute approximate surface area is 118 Å². The van der Waals surface area contributed by atoms with Gasteiger partial charge in [-0.1, -0.05) is 6.07 Å². The number of nitrogens with two attached hydrogens (primary N) is 1. The summed E-state index contributed by atoms with van der Waals surface area (Å²) in [5.74, 6) is 0.169. The Hall–Kier alpha value is -1.80. The van der Waals surface area contributed by atoms with Crippen molar-refractivity contribution in [3.63, 3.8) is 0 Å². The molecule has 0 aliphatic heterocycles. The molecule has 0 fully saturated rings. The molecule has 112 valence electrons. The molecule has 0 heterocycles. The van der Waals surface area contributed by atoms with E-state index in [-0.39, 0.29) is 16.3 Å². The summed E-state index contributed by atoms with van der Waals surface area (Å²) in [6, 6.07) is 4.23. The molecule has 1 rings (SSSR count). The molecule has 0 spiro atoms. The van der Waals surface area contributed by atoms with Crippen molar-refractivity contribution in [2.75, 3.05) is 12.4 Å². The molecule has 0 unspecified atom stereocenters. The van der Waals surface area contributed by atoms with Gasteiger partial charge in [-0.2, -0.15) is 0 Å². The van der Waals surface area contributed by atoms with Crippen LogP contribution in [-0.4, -0.2) is 27.2 Å². The van der Waals surface area contributed by atoms with Gasteiger partial charge >= 0.3 is 6.09 Å². The number of nitrogens with one attached hydrogen (secondary N) is 1. The molecule has 3 N–H and O–H groups in total. The Morgan fingerprint density at radius 1 is 1.30 bits per heavy atom. The number of sulfonamides is 1. The van der Waals surface area contributed by atoms with E-state index in [0.717, 1.165) is 0 Å². The van der Waals surface area contributed by atoms with E-state index in [1.165, 1.54) is 25.3 Å². The van der Waals surface area contributed by atoms with Crippen LogP contribution >= 0.6 is 0 Å². The van der Waals surface area contributed by atoms with E-state index in [1.54, 1.807) is 20.8 Å². The van der Waals surface area contributed by atoms with Crippen molar-refractivity contribution < 1.29 is 22.7 Å². The molecule has 7 nitrogen and oxygen atoms in total. The zero-order valence-electron chi connectivity index (χ0n) is 11.8. The molecule has 0 atom stereocenters. The maximum absolute atomic E-state index is 11.8. The highest BCUT2D eigenvalue weighted by molar-refractivity contribution is 7.89. The smallest absolute Gasteiger partial charge is 0.412 e.